The van der Waals surface area contributed by atoms with Crippen molar-refractivity contribution in [2.75, 3.05) is 5.32 Å². The molecule has 0 spiro atoms. The summed E-state index contributed by atoms with van der Waals surface area (Å²) < 4.78 is 14.2. The van der Waals surface area contributed by atoms with Gasteiger partial charge in [-0.15, -0.1) is 0 Å². The molecule has 0 aliphatic carbocycles. The van der Waals surface area contributed by atoms with Crippen molar-refractivity contribution in [2.45, 2.75) is 6.92 Å². The zero-order valence-electron chi connectivity index (χ0n) is 15.3. The van der Waals surface area contributed by atoms with Crippen LogP contribution in [0.5, 0.6) is 0 Å². The Labute approximate surface area is 177 Å². The zero-order valence-corrected chi connectivity index (χ0v) is 16.9. The molecule has 1 aromatic heterocycles. The van der Waals surface area contributed by atoms with E-state index in [0.29, 0.717) is 32.7 Å². The summed E-state index contributed by atoms with van der Waals surface area (Å²) in [6.45, 7) is 1.82. The number of para-hydroxylation sites is 1. The van der Waals surface area contributed by atoms with Crippen LogP contribution in [0.15, 0.2) is 66.7 Å². The van der Waals surface area contributed by atoms with Gasteiger partial charge in [-0.3, -0.25) is 4.79 Å². The number of halogens is 3. The van der Waals surface area contributed by atoms with E-state index < -0.39 is 11.7 Å². The molecule has 0 atom stereocenters. The molecule has 4 aromatic rings. The average Bonchev–Trinajstić information content (AvgIpc) is 2.69. The Morgan fingerprint density at radius 1 is 0.966 bits per heavy atom. The normalized spacial score (nSPS) is 10.9. The van der Waals surface area contributed by atoms with Crippen molar-refractivity contribution in [1.82, 2.24) is 4.98 Å². The summed E-state index contributed by atoms with van der Waals surface area (Å²) in [5.41, 5.74) is 3.27. The van der Waals surface area contributed by atoms with Gasteiger partial charge in [0.25, 0.3) is 5.91 Å². The van der Waals surface area contributed by atoms with Gasteiger partial charge in [-0.05, 0) is 48.9 Å². The summed E-state index contributed by atoms with van der Waals surface area (Å²) in [5.74, 6) is -1.03. The highest BCUT2D eigenvalue weighted by Gasteiger charge is 2.20. The lowest BCUT2D eigenvalue weighted by molar-refractivity contribution is 0.102. The van der Waals surface area contributed by atoms with Gasteiger partial charge in [0.1, 0.15) is 5.82 Å². The number of anilines is 1. The molecular weight excluding hydrogens is 410 g/mol. The number of carbonyl (C=O) groups excluding carboxylic acids is 1. The molecule has 0 radical (unpaired) electrons. The van der Waals surface area contributed by atoms with Crippen LogP contribution in [-0.4, -0.2) is 10.9 Å². The van der Waals surface area contributed by atoms with Gasteiger partial charge >= 0.3 is 0 Å². The molecule has 0 aliphatic heterocycles. The molecule has 0 saturated carbocycles. The molecule has 144 valence electrons. The molecule has 3 nitrogen and oxygen atoms in total. The van der Waals surface area contributed by atoms with E-state index >= 15 is 0 Å². The van der Waals surface area contributed by atoms with Crippen molar-refractivity contribution < 1.29 is 9.18 Å². The quantitative estimate of drug-likeness (QED) is 0.388. The molecular formula is C23H15Cl2FN2O. The van der Waals surface area contributed by atoms with Crippen LogP contribution in [0.4, 0.5) is 10.1 Å². The van der Waals surface area contributed by atoms with Crippen molar-refractivity contribution in [3.63, 3.8) is 0 Å². The number of aromatic nitrogens is 1. The van der Waals surface area contributed by atoms with Crippen LogP contribution in [0.3, 0.4) is 0 Å². The summed E-state index contributed by atoms with van der Waals surface area (Å²) in [6, 6.07) is 18.8. The number of carbonyl (C=O) groups is 1. The molecule has 0 bridgehead atoms. The van der Waals surface area contributed by atoms with Crippen molar-refractivity contribution in [3.8, 4) is 11.3 Å². The molecule has 0 fully saturated rings. The fourth-order valence-electron chi connectivity index (χ4n) is 3.29. The molecule has 0 aliphatic rings. The molecule has 29 heavy (non-hydrogen) atoms. The topological polar surface area (TPSA) is 42.0 Å². The fourth-order valence-corrected chi connectivity index (χ4v) is 3.64. The summed E-state index contributed by atoms with van der Waals surface area (Å²) in [7, 11) is 0. The number of benzene rings is 3. The van der Waals surface area contributed by atoms with E-state index in [1.807, 2.05) is 43.3 Å². The van der Waals surface area contributed by atoms with Gasteiger partial charge in [0.2, 0.25) is 0 Å². The summed E-state index contributed by atoms with van der Waals surface area (Å²) >= 11 is 11.9. The summed E-state index contributed by atoms with van der Waals surface area (Å²) in [5, 5.41) is 4.17. The Kier molecular flexibility index (Phi) is 5.22. The van der Waals surface area contributed by atoms with Gasteiger partial charge < -0.3 is 5.32 Å². The van der Waals surface area contributed by atoms with Gasteiger partial charge in [-0.25, -0.2) is 9.37 Å². The zero-order chi connectivity index (χ0) is 20.5. The number of nitrogens with one attached hydrogen (secondary N) is 1. The monoisotopic (exact) mass is 424 g/mol. The van der Waals surface area contributed by atoms with E-state index in [0.717, 1.165) is 11.6 Å². The van der Waals surface area contributed by atoms with Gasteiger partial charge in [0, 0.05) is 21.0 Å². The number of nitrogens with zero attached hydrogens (tertiary/aromatic N) is 1. The lowest BCUT2D eigenvalue weighted by atomic mass is 9.97. The van der Waals surface area contributed by atoms with E-state index in [-0.39, 0.29) is 10.7 Å². The summed E-state index contributed by atoms with van der Waals surface area (Å²) in [4.78, 5) is 17.9. The number of rotatable bonds is 3. The number of fused-ring (bicyclic) bond motifs is 1. The number of amides is 1. The van der Waals surface area contributed by atoms with Crippen LogP contribution < -0.4 is 5.32 Å². The second kappa shape index (κ2) is 7.82. The van der Waals surface area contributed by atoms with Crippen LogP contribution in [-0.2, 0) is 0 Å². The molecule has 4 rings (SSSR count). The average molecular weight is 425 g/mol. The van der Waals surface area contributed by atoms with Crippen molar-refractivity contribution in [2.24, 2.45) is 0 Å². The highest BCUT2D eigenvalue weighted by Crippen LogP contribution is 2.31. The largest absolute Gasteiger partial charge is 0.319 e. The third-order valence-corrected chi connectivity index (χ3v) is 5.11. The first-order chi connectivity index (χ1) is 13.9. The number of pyridine rings is 1. The smallest absolute Gasteiger partial charge is 0.256 e. The van der Waals surface area contributed by atoms with Gasteiger partial charge in [0.05, 0.1) is 22.5 Å². The Morgan fingerprint density at radius 3 is 2.48 bits per heavy atom. The minimum Gasteiger partial charge on any atom is -0.319 e. The third kappa shape index (κ3) is 3.82. The Morgan fingerprint density at radius 2 is 1.72 bits per heavy atom. The third-order valence-electron chi connectivity index (χ3n) is 4.64. The molecule has 1 heterocycles. The van der Waals surface area contributed by atoms with Crippen LogP contribution >= 0.6 is 23.2 Å². The molecule has 1 N–H and O–H groups in total. The lowest BCUT2D eigenvalue weighted by Crippen LogP contribution is -2.16. The van der Waals surface area contributed by atoms with E-state index in [1.54, 1.807) is 12.1 Å². The second-order valence-corrected chi connectivity index (χ2v) is 7.44. The SMILES string of the molecule is Cc1c(-c2cccc(Cl)c2)nc2ccccc2c1C(=O)Nc1ccc(Cl)cc1F. The van der Waals surface area contributed by atoms with Crippen molar-refractivity contribution in [3.05, 3.63) is 93.7 Å². The maximum absolute atomic E-state index is 14.2. The van der Waals surface area contributed by atoms with Gasteiger partial charge in [-0.2, -0.15) is 0 Å². The molecule has 0 unspecified atom stereocenters. The maximum Gasteiger partial charge on any atom is 0.256 e. The van der Waals surface area contributed by atoms with Crippen molar-refractivity contribution in [1.29, 1.82) is 0 Å². The summed E-state index contributed by atoms with van der Waals surface area (Å²) in [6.07, 6.45) is 0. The van der Waals surface area contributed by atoms with E-state index in [4.69, 9.17) is 28.2 Å². The minimum absolute atomic E-state index is 0.0593. The standard InChI is InChI=1S/C23H15Cl2FN2O/c1-13-21(23(29)28-20-10-9-16(25)12-18(20)26)17-7-2-3-8-19(17)27-22(13)14-5-4-6-15(24)11-14/h2-12H,1H3,(H,28,29). The van der Waals surface area contributed by atoms with E-state index in [9.17, 15) is 9.18 Å². The highest BCUT2D eigenvalue weighted by atomic mass is 35.5. The molecule has 6 heteroatoms. The molecule has 3 aromatic carbocycles. The Bertz CT molecular complexity index is 1260. The maximum atomic E-state index is 14.2. The van der Waals surface area contributed by atoms with Gasteiger partial charge in [0.15, 0.2) is 0 Å². The molecule has 1 amide bonds. The minimum atomic E-state index is -0.600. The highest BCUT2D eigenvalue weighted by molar-refractivity contribution is 6.31. The predicted molar refractivity (Wildman–Crippen MR) is 116 cm³/mol. The first-order valence-electron chi connectivity index (χ1n) is 8.86. The Hall–Kier alpha value is -2.95. The van der Waals surface area contributed by atoms with Crippen molar-refractivity contribution >= 4 is 45.7 Å². The number of hydrogen-bond donors (Lipinski definition) is 1. The van der Waals surface area contributed by atoms with Crippen LogP contribution in [0.25, 0.3) is 22.2 Å². The van der Waals surface area contributed by atoms with E-state index in [2.05, 4.69) is 5.32 Å². The predicted octanol–water partition coefficient (Wildman–Crippen LogP) is 6.91. The Balaban J connectivity index is 1.88. The molecule has 0 saturated heterocycles. The first kappa shape index (κ1) is 19.4. The van der Waals surface area contributed by atoms with Gasteiger partial charge in [-0.1, -0.05) is 53.5 Å². The first-order valence-corrected chi connectivity index (χ1v) is 9.61. The lowest BCUT2D eigenvalue weighted by Gasteiger charge is -2.15. The van der Waals surface area contributed by atoms with E-state index in [1.165, 1.54) is 12.1 Å². The van der Waals surface area contributed by atoms with Crippen LogP contribution in [0, 0.1) is 12.7 Å². The van der Waals surface area contributed by atoms with Crippen LogP contribution in [0.1, 0.15) is 15.9 Å². The number of hydrogen-bond acceptors (Lipinski definition) is 2. The van der Waals surface area contributed by atoms with Crippen LogP contribution in [0.2, 0.25) is 10.0 Å². The fraction of sp³-hybridized carbons (Fsp3) is 0.0435. The second-order valence-electron chi connectivity index (χ2n) is 6.57.